The second-order valence-electron chi connectivity index (χ2n) is 6.92. The second-order valence-corrected chi connectivity index (χ2v) is 8.68. The Labute approximate surface area is 147 Å². The lowest BCUT2D eigenvalue weighted by Crippen LogP contribution is -2.36. The van der Waals surface area contributed by atoms with Crippen molar-refractivity contribution >= 4 is 20.9 Å². The van der Waals surface area contributed by atoms with E-state index in [0.717, 1.165) is 22.0 Å². The van der Waals surface area contributed by atoms with Crippen LogP contribution in [0.15, 0.2) is 53.6 Å². The molecule has 0 saturated heterocycles. The molecule has 132 valence electrons. The van der Waals surface area contributed by atoms with E-state index in [1.54, 1.807) is 24.3 Å². The lowest BCUT2D eigenvalue weighted by Gasteiger charge is -2.25. The SMILES string of the molecule is Cc1cccc(S(=O)(=O)NCC(C)(C)c2c[nH]c3ccc(F)cc23)c1. The van der Waals surface area contributed by atoms with E-state index in [2.05, 4.69) is 9.71 Å². The minimum absolute atomic E-state index is 0.201. The lowest BCUT2D eigenvalue weighted by molar-refractivity contribution is 0.504. The van der Waals surface area contributed by atoms with Gasteiger partial charge in [-0.25, -0.2) is 17.5 Å². The summed E-state index contributed by atoms with van der Waals surface area (Å²) in [6.45, 7) is 5.91. The van der Waals surface area contributed by atoms with Gasteiger partial charge in [-0.15, -0.1) is 0 Å². The van der Waals surface area contributed by atoms with Gasteiger partial charge in [0.2, 0.25) is 10.0 Å². The number of aromatic nitrogens is 1. The number of halogens is 1. The Balaban J connectivity index is 1.87. The van der Waals surface area contributed by atoms with Gasteiger partial charge in [-0.1, -0.05) is 26.0 Å². The molecule has 0 aliphatic heterocycles. The van der Waals surface area contributed by atoms with E-state index >= 15 is 0 Å². The summed E-state index contributed by atoms with van der Waals surface area (Å²) in [5.41, 5.74) is 2.07. The van der Waals surface area contributed by atoms with Crippen molar-refractivity contribution in [3.63, 3.8) is 0 Å². The quantitative estimate of drug-likeness (QED) is 0.725. The number of sulfonamides is 1. The van der Waals surface area contributed by atoms with Crippen LogP contribution in [0.3, 0.4) is 0 Å². The van der Waals surface area contributed by atoms with Gasteiger partial charge in [0.1, 0.15) is 5.82 Å². The zero-order valence-electron chi connectivity index (χ0n) is 14.4. The number of hydrogen-bond donors (Lipinski definition) is 2. The standard InChI is InChI=1S/C19H21FN2O2S/c1-13-5-4-6-15(9-13)25(23,24)22-12-19(2,3)17-11-21-18-8-7-14(20)10-16(17)18/h4-11,21-22H,12H2,1-3H3. The van der Waals surface area contributed by atoms with E-state index < -0.39 is 15.4 Å². The van der Waals surface area contributed by atoms with Crippen molar-refractivity contribution < 1.29 is 12.8 Å². The van der Waals surface area contributed by atoms with Crippen LogP contribution >= 0.6 is 0 Å². The highest BCUT2D eigenvalue weighted by Crippen LogP contribution is 2.30. The molecule has 0 fully saturated rings. The fraction of sp³-hybridized carbons (Fsp3) is 0.263. The van der Waals surface area contributed by atoms with Gasteiger partial charge < -0.3 is 4.98 Å². The van der Waals surface area contributed by atoms with E-state index in [0.29, 0.717) is 0 Å². The highest BCUT2D eigenvalue weighted by Gasteiger charge is 2.27. The molecule has 0 aliphatic rings. The van der Waals surface area contributed by atoms with Gasteiger partial charge in [-0.2, -0.15) is 0 Å². The van der Waals surface area contributed by atoms with Crippen LogP contribution < -0.4 is 4.72 Å². The third kappa shape index (κ3) is 3.60. The summed E-state index contributed by atoms with van der Waals surface area (Å²) < 4.78 is 41.3. The van der Waals surface area contributed by atoms with Crippen LogP contribution in [-0.2, 0) is 15.4 Å². The highest BCUT2D eigenvalue weighted by atomic mass is 32.2. The van der Waals surface area contributed by atoms with Gasteiger partial charge in [-0.05, 0) is 48.4 Å². The highest BCUT2D eigenvalue weighted by molar-refractivity contribution is 7.89. The number of rotatable bonds is 5. The van der Waals surface area contributed by atoms with E-state index in [1.165, 1.54) is 12.1 Å². The molecule has 0 saturated carbocycles. The van der Waals surface area contributed by atoms with Crippen molar-refractivity contribution in [1.82, 2.24) is 9.71 Å². The van der Waals surface area contributed by atoms with Gasteiger partial charge >= 0.3 is 0 Å². The normalized spacial score (nSPS) is 12.6. The van der Waals surface area contributed by atoms with Crippen LogP contribution in [-0.4, -0.2) is 19.9 Å². The predicted molar refractivity (Wildman–Crippen MR) is 97.7 cm³/mol. The van der Waals surface area contributed by atoms with Crippen molar-refractivity contribution in [1.29, 1.82) is 0 Å². The molecule has 6 heteroatoms. The maximum atomic E-state index is 13.6. The summed E-state index contributed by atoms with van der Waals surface area (Å²) in [5.74, 6) is -0.315. The number of aryl methyl sites for hydroxylation is 1. The van der Waals surface area contributed by atoms with E-state index in [4.69, 9.17) is 0 Å². The molecule has 2 aromatic carbocycles. The molecule has 3 rings (SSSR count). The minimum Gasteiger partial charge on any atom is -0.361 e. The summed E-state index contributed by atoms with van der Waals surface area (Å²) in [6, 6.07) is 11.3. The van der Waals surface area contributed by atoms with Crippen LogP contribution in [0, 0.1) is 12.7 Å². The number of hydrogen-bond acceptors (Lipinski definition) is 2. The maximum absolute atomic E-state index is 13.6. The molecule has 25 heavy (non-hydrogen) atoms. The first-order valence-electron chi connectivity index (χ1n) is 8.02. The number of fused-ring (bicyclic) bond motifs is 1. The molecule has 2 N–H and O–H groups in total. The molecule has 4 nitrogen and oxygen atoms in total. The van der Waals surface area contributed by atoms with Gasteiger partial charge in [0.05, 0.1) is 4.90 Å². The van der Waals surface area contributed by atoms with Crippen LogP contribution in [0.2, 0.25) is 0 Å². The average Bonchev–Trinajstić information content (AvgIpc) is 2.97. The Kier molecular flexibility index (Phi) is 4.43. The van der Waals surface area contributed by atoms with Gasteiger partial charge in [0, 0.05) is 29.1 Å². The molecule has 0 radical (unpaired) electrons. The average molecular weight is 360 g/mol. The first-order chi connectivity index (χ1) is 11.7. The number of benzene rings is 2. The maximum Gasteiger partial charge on any atom is 0.240 e. The van der Waals surface area contributed by atoms with Gasteiger partial charge in [-0.3, -0.25) is 0 Å². The van der Waals surface area contributed by atoms with Crippen molar-refractivity contribution in [2.24, 2.45) is 0 Å². The van der Waals surface area contributed by atoms with E-state index in [1.807, 2.05) is 33.0 Å². The summed E-state index contributed by atoms with van der Waals surface area (Å²) in [4.78, 5) is 3.36. The molecule has 0 bridgehead atoms. The van der Waals surface area contributed by atoms with Crippen LogP contribution in [0.5, 0.6) is 0 Å². The number of H-pyrrole nitrogens is 1. The predicted octanol–water partition coefficient (Wildman–Crippen LogP) is 3.87. The minimum atomic E-state index is -3.60. The van der Waals surface area contributed by atoms with E-state index in [9.17, 15) is 12.8 Å². The Morgan fingerprint density at radius 3 is 2.64 bits per heavy atom. The Hall–Kier alpha value is -2.18. The first kappa shape index (κ1) is 17.6. The lowest BCUT2D eigenvalue weighted by atomic mass is 9.85. The summed E-state index contributed by atoms with van der Waals surface area (Å²) in [7, 11) is -3.60. The largest absolute Gasteiger partial charge is 0.361 e. The summed E-state index contributed by atoms with van der Waals surface area (Å²) >= 11 is 0. The molecule has 0 aliphatic carbocycles. The van der Waals surface area contributed by atoms with E-state index in [-0.39, 0.29) is 17.3 Å². The summed E-state index contributed by atoms with van der Waals surface area (Å²) in [6.07, 6.45) is 1.81. The molecule has 3 aromatic rings. The Morgan fingerprint density at radius 1 is 1.16 bits per heavy atom. The molecular weight excluding hydrogens is 339 g/mol. The zero-order valence-corrected chi connectivity index (χ0v) is 15.2. The fourth-order valence-electron chi connectivity index (χ4n) is 2.89. The molecular formula is C19H21FN2O2S. The van der Waals surface area contributed by atoms with Crippen molar-refractivity contribution in [2.75, 3.05) is 6.54 Å². The Morgan fingerprint density at radius 2 is 1.92 bits per heavy atom. The monoisotopic (exact) mass is 360 g/mol. The number of nitrogens with one attached hydrogen (secondary N) is 2. The molecule has 0 amide bonds. The molecule has 0 atom stereocenters. The van der Waals surface area contributed by atoms with Gasteiger partial charge in [0.15, 0.2) is 0 Å². The first-order valence-corrected chi connectivity index (χ1v) is 9.51. The van der Waals surface area contributed by atoms with Crippen LogP contribution in [0.25, 0.3) is 10.9 Å². The van der Waals surface area contributed by atoms with Crippen molar-refractivity contribution in [3.8, 4) is 0 Å². The molecule has 1 heterocycles. The zero-order chi connectivity index (χ0) is 18.2. The topological polar surface area (TPSA) is 62.0 Å². The second kappa shape index (κ2) is 6.28. The third-order valence-electron chi connectivity index (χ3n) is 4.38. The van der Waals surface area contributed by atoms with Crippen LogP contribution in [0.1, 0.15) is 25.0 Å². The summed E-state index contributed by atoms with van der Waals surface area (Å²) in [5, 5.41) is 0.764. The van der Waals surface area contributed by atoms with Crippen molar-refractivity contribution in [3.05, 3.63) is 65.6 Å². The fourth-order valence-corrected chi connectivity index (χ4v) is 4.21. The molecule has 0 spiro atoms. The van der Waals surface area contributed by atoms with Crippen LogP contribution in [0.4, 0.5) is 4.39 Å². The van der Waals surface area contributed by atoms with Crippen molar-refractivity contribution in [2.45, 2.75) is 31.1 Å². The third-order valence-corrected chi connectivity index (χ3v) is 5.78. The Bertz CT molecular complexity index is 1020. The number of aromatic amines is 1. The molecule has 1 aromatic heterocycles. The smallest absolute Gasteiger partial charge is 0.240 e. The van der Waals surface area contributed by atoms with Gasteiger partial charge in [0.25, 0.3) is 0 Å². The molecule has 0 unspecified atom stereocenters.